The molecule has 13 heavy (non-hydrogen) atoms. The molecule has 1 atom stereocenters. The van der Waals surface area contributed by atoms with Crippen molar-refractivity contribution in [1.29, 1.82) is 0 Å². The summed E-state index contributed by atoms with van der Waals surface area (Å²) in [6.07, 6.45) is 3.55. The molecule has 2 N–H and O–H groups in total. The summed E-state index contributed by atoms with van der Waals surface area (Å²) < 4.78 is 5.05. The first kappa shape index (κ1) is 8.50. The molecule has 0 amide bonds. The summed E-state index contributed by atoms with van der Waals surface area (Å²) in [7, 11) is 2.07. The van der Waals surface area contributed by atoms with Gasteiger partial charge in [0, 0.05) is 0 Å². The lowest BCUT2D eigenvalue weighted by Gasteiger charge is -2.29. The maximum atomic E-state index is 5.40. The molecule has 1 fully saturated rings. The third-order valence-electron chi connectivity index (χ3n) is 2.51. The maximum absolute atomic E-state index is 5.40. The second-order valence-electron chi connectivity index (χ2n) is 3.48. The molecule has 1 aliphatic rings. The minimum atomic E-state index is 0.231. The molecule has 0 saturated carbocycles. The standard InChI is InChI=1S/C8H14N4O/c1-12-5-3-2-4-6(12)7-10-8(9)11-13-7/h6H,2-5H2,1H3,(H2,9,11)/t6-/m1/s1. The molecule has 0 aromatic carbocycles. The fraction of sp³-hybridized carbons (Fsp3) is 0.750. The van der Waals surface area contributed by atoms with Crippen molar-refractivity contribution in [3.8, 4) is 0 Å². The van der Waals surface area contributed by atoms with Crippen LogP contribution in [0.3, 0.4) is 0 Å². The minimum Gasteiger partial charge on any atom is -0.365 e. The number of anilines is 1. The zero-order valence-corrected chi connectivity index (χ0v) is 7.73. The lowest BCUT2D eigenvalue weighted by molar-refractivity contribution is 0.150. The van der Waals surface area contributed by atoms with Gasteiger partial charge >= 0.3 is 0 Å². The van der Waals surface area contributed by atoms with Crippen LogP contribution in [0.5, 0.6) is 0 Å². The molecule has 1 aromatic heterocycles. The molecule has 0 unspecified atom stereocenters. The van der Waals surface area contributed by atoms with Gasteiger partial charge in [0.2, 0.25) is 5.89 Å². The topological polar surface area (TPSA) is 68.2 Å². The summed E-state index contributed by atoms with van der Waals surface area (Å²) in [6.45, 7) is 1.09. The van der Waals surface area contributed by atoms with E-state index in [1.54, 1.807) is 0 Å². The van der Waals surface area contributed by atoms with E-state index in [4.69, 9.17) is 10.3 Å². The number of nitrogens with two attached hydrogens (primary N) is 1. The number of hydrogen-bond donors (Lipinski definition) is 1. The van der Waals surface area contributed by atoms with Crippen molar-refractivity contribution in [1.82, 2.24) is 15.0 Å². The van der Waals surface area contributed by atoms with Crippen molar-refractivity contribution >= 4 is 5.95 Å². The first-order chi connectivity index (χ1) is 6.27. The van der Waals surface area contributed by atoms with Crippen molar-refractivity contribution < 1.29 is 4.52 Å². The van der Waals surface area contributed by atoms with Crippen molar-refractivity contribution in [2.75, 3.05) is 19.3 Å². The van der Waals surface area contributed by atoms with Gasteiger partial charge in [-0.1, -0.05) is 6.42 Å². The minimum absolute atomic E-state index is 0.231. The van der Waals surface area contributed by atoms with Gasteiger partial charge in [-0.25, -0.2) is 0 Å². The lowest BCUT2D eigenvalue weighted by Crippen LogP contribution is -2.29. The molecule has 0 spiro atoms. The summed E-state index contributed by atoms with van der Waals surface area (Å²) in [5, 5.41) is 3.59. The number of aromatic nitrogens is 2. The molecular weight excluding hydrogens is 168 g/mol. The molecule has 1 aliphatic heterocycles. The van der Waals surface area contributed by atoms with Gasteiger partial charge in [-0.3, -0.25) is 4.90 Å². The van der Waals surface area contributed by atoms with Crippen molar-refractivity contribution in [2.24, 2.45) is 0 Å². The lowest BCUT2D eigenvalue weighted by atomic mass is 10.0. The van der Waals surface area contributed by atoms with Crippen molar-refractivity contribution in [3.63, 3.8) is 0 Å². The van der Waals surface area contributed by atoms with Crippen LogP contribution in [-0.2, 0) is 0 Å². The van der Waals surface area contributed by atoms with Gasteiger partial charge in [-0.05, 0) is 31.6 Å². The summed E-state index contributed by atoms with van der Waals surface area (Å²) in [5.41, 5.74) is 5.40. The highest BCUT2D eigenvalue weighted by molar-refractivity contribution is 5.12. The molecule has 0 radical (unpaired) electrons. The average molecular weight is 182 g/mol. The monoisotopic (exact) mass is 182 g/mol. The third-order valence-corrected chi connectivity index (χ3v) is 2.51. The van der Waals surface area contributed by atoms with E-state index in [2.05, 4.69) is 22.1 Å². The normalized spacial score (nSPS) is 24.8. The summed E-state index contributed by atoms with van der Waals surface area (Å²) >= 11 is 0. The number of hydrogen-bond acceptors (Lipinski definition) is 5. The van der Waals surface area contributed by atoms with E-state index in [0.29, 0.717) is 5.89 Å². The van der Waals surface area contributed by atoms with Crippen molar-refractivity contribution in [3.05, 3.63) is 5.89 Å². The zero-order valence-electron chi connectivity index (χ0n) is 7.73. The number of piperidine rings is 1. The Morgan fingerprint density at radius 3 is 3.00 bits per heavy atom. The van der Waals surface area contributed by atoms with E-state index in [0.717, 1.165) is 13.0 Å². The molecule has 0 bridgehead atoms. The molecule has 5 heteroatoms. The van der Waals surface area contributed by atoms with Crippen LogP contribution >= 0.6 is 0 Å². The quantitative estimate of drug-likeness (QED) is 0.696. The largest absolute Gasteiger partial charge is 0.365 e. The molecular formula is C8H14N4O. The first-order valence-corrected chi connectivity index (χ1v) is 4.56. The molecule has 0 aliphatic carbocycles. The van der Waals surface area contributed by atoms with E-state index in [1.807, 2.05) is 0 Å². The van der Waals surface area contributed by atoms with Gasteiger partial charge in [0.1, 0.15) is 0 Å². The van der Waals surface area contributed by atoms with Gasteiger partial charge in [-0.2, -0.15) is 4.98 Å². The van der Waals surface area contributed by atoms with Crippen LogP contribution in [0, 0.1) is 0 Å². The highest BCUT2D eigenvalue weighted by Crippen LogP contribution is 2.28. The Bertz CT molecular complexity index is 285. The molecule has 5 nitrogen and oxygen atoms in total. The fourth-order valence-corrected chi connectivity index (χ4v) is 1.77. The smallest absolute Gasteiger partial charge is 0.260 e. The van der Waals surface area contributed by atoms with Crippen LogP contribution in [0.2, 0.25) is 0 Å². The second-order valence-corrected chi connectivity index (χ2v) is 3.48. The number of nitrogens with zero attached hydrogens (tertiary/aromatic N) is 3. The van der Waals surface area contributed by atoms with Crippen LogP contribution in [0.15, 0.2) is 4.52 Å². The molecule has 2 heterocycles. The molecule has 72 valence electrons. The maximum Gasteiger partial charge on any atom is 0.260 e. The zero-order chi connectivity index (χ0) is 9.26. The van der Waals surface area contributed by atoms with Crippen molar-refractivity contribution in [2.45, 2.75) is 25.3 Å². The Morgan fingerprint density at radius 2 is 2.38 bits per heavy atom. The van der Waals surface area contributed by atoms with Gasteiger partial charge in [0.05, 0.1) is 6.04 Å². The van der Waals surface area contributed by atoms with E-state index < -0.39 is 0 Å². The van der Waals surface area contributed by atoms with Gasteiger partial charge in [0.25, 0.3) is 5.95 Å². The number of nitrogen functional groups attached to an aromatic ring is 1. The Balaban J connectivity index is 2.14. The van der Waals surface area contributed by atoms with E-state index >= 15 is 0 Å². The average Bonchev–Trinajstić information content (AvgIpc) is 2.53. The van der Waals surface area contributed by atoms with Crippen LogP contribution in [0.25, 0.3) is 0 Å². The van der Waals surface area contributed by atoms with Gasteiger partial charge in [0.15, 0.2) is 0 Å². The van der Waals surface area contributed by atoms with Crippen LogP contribution < -0.4 is 5.73 Å². The van der Waals surface area contributed by atoms with Gasteiger partial charge < -0.3 is 10.3 Å². The second kappa shape index (κ2) is 3.33. The highest BCUT2D eigenvalue weighted by atomic mass is 16.5. The summed E-state index contributed by atoms with van der Waals surface area (Å²) in [4.78, 5) is 6.28. The first-order valence-electron chi connectivity index (χ1n) is 4.56. The Hall–Kier alpha value is -1.10. The van der Waals surface area contributed by atoms with Crippen LogP contribution in [-0.4, -0.2) is 28.6 Å². The van der Waals surface area contributed by atoms with E-state index in [9.17, 15) is 0 Å². The van der Waals surface area contributed by atoms with Crippen LogP contribution in [0.4, 0.5) is 5.95 Å². The number of rotatable bonds is 1. The Kier molecular flexibility index (Phi) is 2.18. The predicted molar refractivity (Wildman–Crippen MR) is 47.9 cm³/mol. The SMILES string of the molecule is CN1CCCC[C@@H]1c1nc(N)no1. The molecule has 1 aromatic rings. The Morgan fingerprint density at radius 1 is 1.54 bits per heavy atom. The van der Waals surface area contributed by atoms with Crippen LogP contribution in [0.1, 0.15) is 31.2 Å². The summed E-state index contributed by atoms with van der Waals surface area (Å²) in [6, 6.07) is 0.263. The summed E-state index contributed by atoms with van der Waals surface area (Å²) in [5.74, 6) is 0.883. The Labute approximate surface area is 76.9 Å². The predicted octanol–water partition coefficient (Wildman–Crippen LogP) is 0.809. The number of likely N-dealkylation sites (tertiary alicyclic amines) is 1. The fourth-order valence-electron chi connectivity index (χ4n) is 1.77. The third kappa shape index (κ3) is 1.65. The van der Waals surface area contributed by atoms with E-state index in [-0.39, 0.29) is 12.0 Å². The highest BCUT2D eigenvalue weighted by Gasteiger charge is 2.25. The molecule has 1 saturated heterocycles. The van der Waals surface area contributed by atoms with Gasteiger partial charge in [-0.15, -0.1) is 0 Å². The molecule has 2 rings (SSSR count). The van der Waals surface area contributed by atoms with E-state index in [1.165, 1.54) is 12.8 Å².